The molecule has 1 aliphatic rings. The molecule has 0 aromatic rings. The molecule has 0 radical (unpaired) electrons. The first kappa shape index (κ1) is 7.91. The van der Waals surface area contributed by atoms with E-state index in [4.69, 9.17) is 10.2 Å². The number of alkyl halides is 1. The molecule has 4 heteroatoms. The Morgan fingerprint density at radius 2 is 2.30 bits per heavy atom. The van der Waals surface area contributed by atoms with Gasteiger partial charge in [-0.3, -0.25) is 0 Å². The molecule has 0 spiro atoms. The summed E-state index contributed by atoms with van der Waals surface area (Å²) < 4.78 is 13.2. The van der Waals surface area contributed by atoms with E-state index >= 15 is 0 Å². The molecule has 0 aromatic heterocycles. The number of nitrogens with one attached hydrogen (secondary N) is 1. The first-order chi connectivity index (χ1) is 4.73. The average Bonchev–Trinajstić information content (AvgIpc) is 2.32. The van der Waals surface area contributed by atoms with Crippen LogP contribution in [0.15, 0.2) is 0 Å². The van der Waals surface area contributed by atoms with Gasteiger partial charge in [0.05, 0.1) is 13.2 Å². The lowest BCUT2D eigenvalue weighted by molar-refractivity contribution is 0.0256. The summed E-state index contributed by atoms with van der Waals surface area (Å²) in [7, 11) is 0. The quantitative estimate of drug-likeness (QED) is 0.467. The maximum absolute atomic E-state index is 13.2. The largest absolute Gasteiger partial charge is 0.396 e. The second kappa shape index (κ2) is 2.82. The van der Waals surface area contributed by atoms with Crippen LogP contribution in [-0.2, 0) is 0 Å². The first-order valence-corrected chi connectivity index (χ1v) is 3.34. The molecule has 1 heterocycles. The van der Waals surface area contributed by atoms with Gasteiger partial charge in [0, 0.05) is 19.0 Å². The standard InChI is InChI=1S/C6H12FNO2/c7-6(4-10)3-8-1-5(6)2-9/h5,8-10H,1-4H2. The van der Waals surface area contributed by atoms with Crippen molar-refractivity contribution in [3.05, 3.63) is 0 Å². The van der Waals surface area contributed by atoms with Gasteiger partial charge in [0.25, 0.3) is 0 Å². The highest BCUT2D eigenvalue weighted by Gasteiger charge is 2.42. The van der Waals surface area contributed by atoms with E-state index in [1.807, 2.05) is 0 Å². The van der Waals surface area contributed by atoms with E-state index in [0.29, 0.717) is 6.54 Å². The third-order valence-corrected chi connectivity index (χ3v) is 2.02. The summed E-state index contributed by atoms with van der Waals surface area (Å²) in [6.07, 6.45) is 0. The number of hydrogen-bond acceptors (Lipinski definition) is 3. The van der Waals surface area contributed by atoms with Crippen molar-refractivity contribution in [2.24, 2.45) is 5.92 Å². The number of aliphatic hydroxyl groups is 2. The van der Waals surface area contributed by atoms with E-state index < -0.39 is 18.2 Å². The van der Waals surface area contributed by atoms with Crippen LogP contribution in [0.3, 0.4) is 0 Å². The minimum atomic E-state index is -1.60. The Labute approximate surface area is 58.9 Å². The van der Waals surface area contributed by atoms with Crippen molar-refractivity contribution in [1.82, 2.24) is 5.32 Å². The van der Waals surface area contributed by atoms with E-state index in [-0.39, 0.29) is 13.2 Å². The highest BCUT2D eigenvalue weighted by molar-refractivity contribution is 4.95. The lowest BCUT2D eigenvalue weighted by Crippen LogP contribution is -2.38. The van der Waals surface area contributed by atoms with Crippen molar-refractivity contribution < 1.29 is 14.6 Å². The summed E-state index contributed by atoms with van der Waals surface area (Å²) in [5.41, 5.74) is -1.60. The second-order valence-corrected chi connectivity index (χ2v) is 2.70. The molecule has 0 saturated carbocycles. The van der Waals surface area contributed by atoms with E-state index in [9.17, 15) is 4.39 Å². The maximum Gasteiger partial charge on any atom is 0.152 e. The molecule has 0 amide bonds. The van der Waals surface area contributed by atoms with Crippen LogP contribution in [0.25, 0.3) is 0 Å². The first-order valence-electron chi connectivity index (χ1n) is 3.34. The Balaban J connectivity index is 2.56. The van der Waals surface area contributed by atoms with Crippen LogP contribution in [0.2, 0.25) is 0 Å². The van der Waals surface area contributed by atoms with Crippen LogP contribution in [0.5, 0.6) is 0 Å². The molecular weight excluding hydrogens is 137 g/mol. The minimum absolute atomic E-state index is 0.148. The van der Waals surface area contributed by atoms with Gasteiger partial charge in [-0.05, 0) is 0 Å². The second-order valence-electron chi connectivity index (χ2n) is 2.70. The highest BCUT2D eigenvalue weighted by atomic mass is 19.1. The van der Waals surface area contributed by atoms with Crippen molar-refractivity contribution >= 4 is 0 Å². The molecule has 1 rings (SSSR count). The highest BCUT2D eigenvalue weighted by Crippen LogP contribution is 2.25. The Morgan fingerprint density at radius 3 is 2.70 bits per heavy atom. The van der Waals surface area contributed by atoms with Crippen molar-refractivity contribution in [1.29, 1.82) is 0 Å². The molecule has 1 saturated heterocycles. The molecule has 10 heavy (non-hydrogen) atoms. The average molecular weight is 149 g/mol. The molecule has 3 nitrogen and oxygen atoms in total. The molecule has 2 atom stereocenters. The predicted octanol–water partition coefficient (Wildman–Crippen LogP) is -1.10. The van der Waals surface area contributed by atoms with Gasteiger partial charge in [-0.15, -0.1) is 0 Å². The number of halogens is 1. The van der Waals surface area contributed by atoms with Gasteiger partial charge in [0.1, 0.15) is 0 Å². The molecule has 60 valence electrons. The van der Waals surface area contributed by atoms with Gasteiger partial charge < -0.3 is 15.5 Å². The van der Waals surface area contributed by atoms with E-state index in [1.165, 1.54) is 0 Å². The van der Waals surface area contributed by atoms with Gasteiger partial charge in [-0.2, -0.15) is 0 Å². The zero-order chi connectivity index (χ0) is 7.61. The van der Waals surface area contributed by atoms with Crippen molar-refractivity contribution in [2.45, 2.75) is 5.67 Å². The van der Waals surface area contributed by atoms with Crippen molar-refractivity contribution in [3.63, 3.8) is 0 Å². The fraction of sp³-hybridized carbons (Fsp3) is 1.00. The molecule has 3 N–H and O–H groups in total. The molecule has 0 aliphatic carbocycles. The Hall–Kier alpha value is -0.190. The monoisotopic (exact) mass is 149 g/mol. The van der Waals surface area contributed by atoms with Gasteiger partial charge in [-0.25, -0.2) is 4.39 Å². The molecule has 0 bridgehead atoms. The van der Waals surface area contributed by atoms with Gasteiger partial charge >= 0.3 is 0 Å². The van der Waals surface area contributed by atoms with Crippen LogP contribution in [0, 0.1) is 5.92 Å². The van der Waals surface area contributed by atoms with Crippen LogP contribution in [0.4, 0.5) is 4.39 Å². The van der Waals surface area contributed by atoms with Gasteiger partial charge in [0.15, 0.2) is 5.67 Å². The third kappa shape index (κ3) is 1.14. The molecule has 0 aromatic carbocycles. The van der Waals surface area contributed by atoms with E-state index in [2.05, 4.69) is 5.32 Å². The smallest absolute Gasteiger partial charge is 0.152 e. The predicted molar refractivity (Wildman–Crippen MR) is 34.4 cm³/mol. The normalized spacial score (nSPS) is 40.5. The lowest BCUT2D eigenvalue weighted by Gasteiger charge is -2.21. The zero-order valence-electron chi connectivity index (χ0n) is 5.68. The van der Waals surface area contributed by atoms with E-state index in [1.54, 1.807) is 0 Å². The molecule has 2 unspecified atom stereocenters. The maximum atomic E-state index is 13.2. The molecule has 1 fully saturated rings. The topological polar surface area (TPSA) is 52.5 Å². The van der Waals surface area contributed by atoms with Crippen LogP contribution in [0.1, 0.15) is 0 Å². The fourth-order valence-corrected chi connectivity index (χ4v) is 1.19. The fourth-order valence-electron chi connectivity index (χ4n) is 1.19. The van der Waals surface area contributed by atoms with Gasteiger partial charge in [-0.1, -0.05) is 0 Å². The van der Waals surface area contributed by atoms with Crippen molar-refractivity contribution in [3.8, 4) is 0 Å². The zero-order valence-corrected chi connectivity index (χ0v) is 5.68. The Bertz CT molecular complexity index is 122. The molecule has 1 aliphatic heterocycles. The summed E-state index contributed by atoms with van der Waals surface area (Å²) in [5.74, 6) is -0.447. The van der Waals surface area contributed by atoms with E-state index in [0.717, 1.165) is 0 Å². The Morgan fingerprint density at radius 1 is 1.60 bits per heavy atom. The van der Waals surface area contributed by atoms with Crippen molar-refractivity contribution in [2.75, 3.05) is 26.3 Å². The summed E-state index contributed by atoms with van der Waals surface area (Å²) in [4.78, 5) is 0. The minimum Gasteiger partial charge on any atom is -0.396 e. The number of hydrogen-bond donors (Lipinski definition) is 3. The summed E-state index contributed by atoms with van der Waals surface area (Å²) in [6.45, 7) is -0.114. The SMILES string of the molecule is OCC1CNCC1(F)CO. The van der Waals surface area contributed by atoms with Crippen LogP contribution < -0.4 is 5.32 Å². The Kier molecular flexibility index (Phi) is 2.23. The summed E-state index contributed by atoms with van der Waals surface area (Å²) in [6, 6.07) is 0. The van der Waals surface area contributed by atoms with Crippen LogP contribution in [-0.4, -0.2) is 42.2 Å². The summed E-state index contributed by atoms with van der Waals surface area (Å²) >= 11 is 0. The number of rotatable bonds is 2. The lowest BCUT2D eigenvalue weighted by atomic mass is 9.95. The van der Waals surface area contributed by atoms with Crippen LogP contribution >= 0.6 is 0 Å². The number of aliphatic hydroxyl groups excluding tert-OH is 2. The molecular formula is C6H12FNO2. The van der Waals surface area contributed by atoms with Gasteiger partial charge in [0.2, 0.25) is 0 Å². The third-order valence-electron chi connectivity index (χ3n) is 2.02. The summed E-state index contributed by atoms with van der Waals surface area (Å²) in [5, 5.41) is 20.0.